The zero-order chi connectivity index (χ0) is 16.0. The quantitative estimate of drug-likeness (QED) is 0.792. The molecule has 126 valence electrons. The molecule has 1 rings (SSSR count). The molecule has 3 N–H and O–H groups in total. The molecule has 0 spiro atoms. The van der Waals surface area contributed by atoms with Crippen LogP contribution in [0.3, 0.4) is 0 Å². The molecule has 1 unspecified atom stereocenters. The van der Waals surface area contributed by atoms with Crippen LogP contribution < -0.4 is 15.8 Å². The van der Waals surface area contributed by atoms with Gasteiger partial charge in [-0.3, -0.25) is 4.79 Å². The lowest BCUT2D eigenvalue weighted by Crippen LogP contribution is -2.53. The van der Waals surface area contributed by atoms with E-state index in [9.17, 15) is 9.18 Å². The molecule has 0 aliphatic carbocycles. The molecule has 0 radical (unpaired) electrons. The fourth-order valence-electron chi connectivity index (χ4n) is 2.17. The van der Waals surface area contributed by atoms with Crippen LogP contribution in [0.15, 0.2) is 18.2 Å². The Hall–Kier alpha value is -1.04. The minimum atomic E-state index is -0.527. The summed E-state index contributed by atoms with van der Waals surface area (Å²) in [5.41, 5.74) is 5.27. The Morgan fingerprint density at radius 2 is 2.14 bits per heavy atom. The molecule has 0 saturated carbocycles. The second-order valence-corrected chi connectivity index (χ2v) is 6.18. The van der Waals surface area contributed by atoms with Crippen molar-refractivity contribution >= 4 is 29.9 Å². The first kappa shape index (κ1) is 21.0. The molecule has 4 nitrogen and oxygen atoms in total. The summed E-state index contributed by atoms with van der Waals surface area (Å²) in [5.74, 6) is -0.0457. The predicted molar refractivity (Wildman–Crippen MR) is 89.2 cm³/mol. The number of hydrogen-bond donors (Lipinski definition) is 2. The van der Waals surface area contributed by atoms with Crippen molar-refractivity contribution in [3.05, 3.63) is 29.0 Å². The van der Waals surface area contributed by atoms with Gasteiger partial charge in [0.2, 0.25) is 0 Å². The predicted octanol–water partition coefficient (Wildman–Crippen LogP) is 3.16. The summed E-state index contributed by atoms with van der Waals surface area (Å²) in [6, 6.07) is 3.95. The van der Waals surface area contributed by atoms with Crippen LogP contribution in [-0.4, -0.2) is 24.6 Å². The summed E-state index contributed by atoms with van der Waals surface area (Å²) >= 11 is 5.64. The summed E-state index contributed by atoms with van der Waals surface area (Å²) in [5, 5.41) is 2.83. The summed E-state index contributed by atoms with van der Waals surface area (Å²) in [4.78, 5) is 11.9. The number of rotatable bonds is 7. The van der Waals surface area contributed by atoms with E-state index in [2.05, 4.69) is 19.2 Å². The second kappa shape index (κ2) is 9.18. The molecule has 0 aliphatic heterocycles. The molecule has 1 aromatic carbocycles. The van der Waals surface area contributed by atoms with Crippen molar-refractivity contribution in [3.63, 3.8) is 0 Å². The van der Waals surface area contributed by atoms with Crippen LogP contribution in [0.2, 0.25) is 5.02 Å². The standard InChI is InChI=1S/C15H22ClFN2O2.ClH/c1-10(2)7-15(3,9-18)19-14(20)8-21-11-4-5-13(17)12(16)6-11;/h4-6,10H,7-9,18H2,1-3H3,(H,19,20);1H. The third kappa shape index (κ3) is 6.81. The normalized spacial score (nSPS) is 13.2. The van der Waals surface area contributed by atoms with Gasteiger partial charge >= 0.3 is 0 Å². The Kier molecular flexibility index (Phi) is 8.74. The van der Waals surface area contributed by atoms with Gasteiger partial charge in [0.15, 0.2) is 6.61 Å². The van der Waals surface area contributed by atoms with Crippen LogP contribution in [0.4, 0.5) is 4.39 Å². The fourth-order valence-corrected chi connectivity index (χ4v) is 2.35. The Morgan fingerprint density at radius 1 is 1.50 bits per heavy atom. The van der Waals surface area contributed by atoms with Gasteiger partial charge in [0, 0.05) is 18.2 Å². The Balaban J connectivity index is 0.00000441. The van der Waals surface area contributed by atoms with Crippen molar-refractivity contribution in [2.24, 2.45) is 11.7 Å². The van der Waals surface area contributed by atoms with Gasteiger partial charge in [0.1, 0.15) is 11.6 Å². The van der Waals surface area contributed by atoms with E-state index in [1.807, 2.05) is 6.92 Å². The van der Waals surface area contributed by atoms with E-state index in [-0.39, 0.29) is 29.9 Å². The van der Waals surface area contributed by atoms with Crippen LogP contribution in [0.25, 0.3) is 0 Å². The Bertz CT molecular complexity index is 500. The molecular formula is C15H23Cl2FN2O2. The van der Waals surface area contributed by atoms with Crippen LogP contribution in [0.1, 0.15) is 27.2 Å². The Labute approximate surface area is 142 Å². The van der Waals surface area contributed by atoms with Crippen LogP contribution >= 0.6 is 24.0 Å². The maximum absolute atomic E-state index is 13.0. The van der Waals surface area contributed by atoms with E-state index in [4.69, 9.17) is 22.1 Å². The molecule has 22 heavy (non-hydrogen) atoms. The van der Waals surface area contributed by atoms with Crippen LogP contribution in [-0.2, 0) is 4.79 Å². The summed E-state index contributed by atoms with van der Waals surface area (Å²) < 4.78 is 18.3. The highest BCUT2D eigenvalue weighted by Gasteiger charge is 2.25. The second-order valence-electron chi connectivity index (χ2n) is 5.78. The first-order chi connectivity index (χ1) is 9.75. The number of carbonyl (C=O) groups excluding carboxylic acids is 1. The van der Waals surface area contributed by atoms with Crippen LogP contribution in [0, 0.1) is 11.7 Å². The number of carbonyl (C=O) groups is 1. The molecule has 0 saturated heterocycles. The van der Waals surface area contributed by atoms with Crippen molar-refractivity contribution in [3.8, 4) is 5.75 Å². The van der Waals surface area contributed by atoms with Crippen molar-refractivity contribution in [2.45, 2.75) is 32.7 Å². The molecular weight excluding hydrogens is 330 g/mol. The lowest BCUT2D eigenvalue weighted by atomic mass is 9.91. The lowest BCUT2D eigenvalue weighted by Gasteiger charge is -2.31. The zero-order valence-corrected chi connectivity index (χ0v) is 14.6. The highest BCUT2D eigenvalue weighted by atomic mass is 35.5. The van der Waals surface area contributed by atoms with Crippen molar-refractivity contribution in [1.82, 2.24) is 5.32 Å². The van der Waals surface area contributed by atoms with E-state index in [1.54, 1.807) is 0 Å². The van der Waals surface area contributed by atoms with Crippen molar-refractivity contribution < 1.29 is 13.9 Å². The minimum Gasteiger partial charge on any atom is -0.484 e. The average molecular weight is 353 g/mol. The first-order valence-electron chi connectivity index (χ1n) is 6.84. The third-order valence-corrected chi connectivity index (χ3v) is 3.30. The molecule has 0 bridgehead atoms. The van der Waals surface area contributed by atoms with E-state index < -0.39 is 11.4 Å². The topological polar surface area (TPSA) is 64.3 Å². The highest BCUT2D eigenvalue weighted by Crippen LogP contribution is 2.21. The van der Waals surface area contributed by atoms with E-state index in [0.717, 1.165) is 6.42 Å². The molecule has 1 amide bonds. The first-order valence-corrected chi connectivity index (χ1v) is 7.22. The number of amides is 1. The molecule has 7 heteroatoms. The molecule has 0 aromatic heterocycles. The van der Waals surface area contributed by atoms with Gasteiger partial charge in [-0.2, -0.15) is 0 Å². The van der Waals surface area contributed by atoms with Crippen molar-refractivity contribution in [1.29, 1.82) is 0 Å². The van der Waals surface area contributed by atoms with Crippen molar-refractivity contribution in [2.75, 3.05) is 13.2 Å². The van der Waals surface area contributed by atoms with Crippen LogP contribution in [0.5, 0.6) is 5.75 Å². The Morgan fingerprint density at radius 3 is 2.64 bits per heavy atom. The van der Waals surface area contributed by atoms with Gasteiger partial charge in [0.25, 0.3) is 5.91 Å². The molecule has 1 atom stereocenters. The van der Waals surface area contributed by atoms with Gasteiger partial charge < -0.3 is 15.8 Å². The molecule has 0 fully saturated rings. The SMILES string of the molecule is CC(C)CC(C)(CN)NC(=O)COc1ccc(F)c(Cl)c1.Cl. The molecule has 0 aliphatic rings. The minimum absolute atomic E-state index is 0. The number of nitrogens with two attached hydrogens (primary N) is 1. The number of hydrogen-bond acceptors (Lipinski definition) is 3. The van der Waals surface area contributed by atoms with Gasteiger partial charge in [-0.1, -0.05) is 25.4 Å². The molecule has 0 heterocycles. The van der Waals surface area contributed by atoms with E-state index in [0.29, 0.717) is 18.2 Å². The summed E-state index contributed by atoms with van der Waals surface area (Å²) in [7, 11) is 0. The maximum atomic E-state index is 13.0. The largest absolute Gasteiger partial charge is 0.484 e. The number of ether oxygens (including phenoxy) is 1. The van der Waals surface area contributed by atoms with Gasteiger partial charge in [-0.25, -0.2) is 4.39 Å². The average Bonchev–Trinajstić information content (AvgIpc) is 2.39. The summed E-state index contributed by atoms with van der Waals surface area (Å²) in [6.45, 7) is 6.21. The number of benzene rings is 1. The highest BCUT2D eigenvalue weighted by molar-refractivity contribution is 6.30. The zero-order valence-electron chi connectivity index (χ0n) is 13.0. The third-order valence-electron chi connectivity index (χ3n) is 3.01. The maximum Gasteiger partial charge on any atom is 0.258 e. The van der Waals surface area contributed by atoms with E-state index in [1.165, 1.54) is 18.2 Å². The smallest absolute Gasteiger partial charge is 0.258 e. The van der Waals surface area contributed by atoms with Gasteiger partial charge in [-0.05, 0) is 31.4 Å². The monoisotopic (exact) mass is 352 g/mol. The van der Waals surface area contributed by atoms with Gasteiger partial charge in [-0.15, -0.1) is 12.4 Å². The number of halogens is 3. The van der Waals surface area contributed by atoms with E-state index >= 15 is 0 Å². The summed E-state index contributed by atoms with van der Waals surface area (Å²) in [6.07, 6.45) is 0.775. The van der Waals surface area contributed by atoms with Gasteiger partial charge in [0.05, 0.1) is 5.02 Å². The molecule has 1 aromatic rings. The number of nitrogens with one attached hydrogen (secondary N) is 1. The lowest BCUT2D eigenvalue weighted by molar-refractivity contribution is -0.125. The fraction of sp³-hybridized carbons (Fsp3) is 0.533.